The van der Waals surface area contributed by atoms with Crippen LogP contribution >= 0.6 is 19.2 Å². The maximum atomic E-state index is 12.8. The van der Waals surface area contributed by atoms with Crippen molar-refractivity contribution in [2.75, 3.05) is 25.7 Å². The van der Waals surface area contributed by atoms with E-state index >= 15 is 0 Å². The van der Waals surface area contributed by atoms with Crippen molar-refractivity contribution in [3.8, 4) is 0 Å². The van der Waals surface area contributed by atoms with E-state index in [1.165, 1.54) is 6.92 Å². The van der Waals surface area contributed by atoms with Gasteiger partial charge in [-0.3, -0.25) is 9.36 Å². The van der Waals surface area contributed by atoms with Crippen LogP contribution in [-0.4, -0.2) is 43.1 Å². The lowest BCUT2D eigenvalue weighted by Gasteiger charge is -2.36. The van der Waals surface area contributed by atoms with Crippen molar-refractivity contribution in [1.29, 1.82) is 0 Å². The van der Waals surface area contributed by atoms with Gasteiger partial charge in [-0.25, -0.2) is 0 Å². The number of hydrogen-bond acceptors (Lipinski definition) is 6. The molecule has 0 heterocycles. The molecule has 0 N–H and O–H groups in total. The third kappa shape index (κ3) is 6.10. The fourth-order valence-corrected chi connectivity index (χ4v) is 4.04. The van der Waals surface area contributed by atoms with Crippen molar-refractivity contribution in [1.82, 2.24) is 0 Å². The Morgan fingerprint density at radius 2 is 1.75 bits per heavy atom. The number of ether oxygens (including phenoxy) is 2. The smallest absolute Gasteiger partial charge is 0.363 e. The molecule has 0 aromatic heterocycles. The normalized spacial score (nSPS) is 14.1. The molecule has 0 aliphatic rings. The molecule has 0 amide bonds. The van der Waals surface area contributed by atoms with Crippen molar-refractivity contribution in [3.63, 3.8) is 0 Å². The summed E-state index contributed by atoms with van der Waals surface area (Å²) in [6.45, 7) is 8.37. The molecule has 0 bridgehead atoms. The molecule has 8 heteroatoms. The highest BCUT2D eigenvalue weighted by molar-refractivity contribution is 7.54. The molecule has 0 radical (unpaired) electrons. The average molecular weight is 331 g/mol. The van der Waals surface area contributed by atoms with Crippen molar-refractivity contribution in [3.05, 3.63) is 0 Å². The van der Waals surface area contributed by atoms with Gasteiger partial charge in [-0.05, 0) is 27.7 Å². The molecule has 0 aliphatic heterocycles. The van der Waals surface area contributed by atoms with Gasteiger partial charge in [0.1, 0.15) is 5.60 Å². The number of hydrogen-bond donors (Lipinski definition) is 0. The summed E-state index contributed by atoms with van der Waals surface area (Å²) in [4.78, 5) is 11.2. The molecule has 20 heavy (non-hydrogen) atoms. The Bertz CT molecular complexity index is 337. The number of carbonyl (C=O) groups is 1. The lowest BCUT2D eigenvalue weighted by Crippen LogP contribution is -2.43. The zero-order valence-electron chi connectivity index (χ0n) is 12.7. The highest BCUT2D eigenvalue weighted by atomic mass is 35.5. The van der Waals surface area contributed by atoms with Crippen LogP contribution < -0.4 is 0 Å². The van der Waals surface area contributed by atoms with Crippen LogP contribution in [0.4, 0.5) is 0 Å². The van der Waals surface area contributed by atoms with Crippen LogP contribution in [0.25, 0.3) is 0 Å². The van der Waals surface area contributed by atoms with Gasteiger partial charge in [0.05, 0.1) is 19.8 Å². The fraction of sp³-hybridized carbons (Fsp3) is 0.917. The predicted molar refractivity (Wildman–Crippen MR) is 77.2 cm³/mol. The van der Waals surface area contributed by atoms with Crippen LogP contribution in [0, 0.1) is 0 Å². The van der Waals surface area contributed by atoms with Gasteiger partial charge < -0.3 is 18.5 Å². The second-order valence-electron chi connectivity index (χ2n) is 4.48. The number of rotatable bonds is 10. The monoisotopic (exact) mass is 330 g/mol. The largest absolute Gasteiger partial charge is 0.456 e. The predicted octanol–water partition coefficient (Wildman–Crippen LogP) is 3.18. The van der Waals surface area contributed by atoms with Gasteiger partial charge >= 0.3 is 13.6 Å². The highest BCUT2D eigenvalue weighted by Gasteiger charge is 2.49. The first-order chi connectivity index (χ1) is 9.23. The van der Waals surface area contributed by atoms with E-state index in [0.717, 1.165) is 0 Å². The van der Waals surface area contributed by atoms with E-state index in [1.807, 2.05) is 0 Å². The van der Waals surface area contributed by atoms with Gasteiger partial charge in [0.15, 0.2) is 5.85 Å². The lowest BCUT2D eigenvalue weighted by atomic mass is 10.1. The molecule has 0 aliphatic carbocycles. The summed E-state index contributed by atoms with van der Waals surface area (Å²) in [5, 5.41) is 0. The molecule has 0 spiro atoms. The number of esters is 1. The molecule has 6 nitrogen and oxygen atoms in total. The Balaban J connectivity index is 5.37. The van der Waals surface area contributed by atoms with E-state index in [2.05, 4.69) is 0 Å². The van der Waals surface area contributed by atoms with Crippen LogP contribution in [0.3, 0.4) is 0 Å². The third-order valence-electron chi connectivity index (χ3n) is 2.26. The van der Waals surface area contributed by atoms with E-state index in [4.69, 9.17) is 30.1 Å². The van der Waals surface area contributed by atoms with Crippen LogP contribution in [0.15, 0.2) is 0 Å². The van der Waals surface area contributed by atoms with Gasteiger partial charge in [0, 0.05) is 12.8 Å². The summed E-state index contributed by atoms with van der Waals surface area (Å²) >= 11 is 5.60. The van der Waals surface area contributed by atoms with Crippen LogP contribution in [0.1, 0.15) is 34.6 Å². The molecule has 0 saturated carbocycles. The summed E-state index contributed by atoms with van der Waals surface area (Å²) < 4.78 is 34.1. The minimum atomic E-state index is -3.60. The number of alkyl halides is 1. The molecular weight excluding hydrogens is 307 g/mol. The molecule has 0 aromatic rings. The fourth-order valence-electron chi connectivity index (χ4n) is 1.78. The van der Waals surface area contributed by atoms with Crippen LogP contribution in [0.5, 0.6) is 0 Å². The number of carbonyl (C=O) groups excluding carboxylic acids is 1. The minimum Gasteiger partial charge on any atom is -0.456 e. The van der Waals surface area contributed by atoms with Gasteiger partial charge in [-0.2, -0.15) is 0 Å². The van der Waals surface area contributed by atoms with E-state index in [9.17, 15) is 9.36 Å². The summed E-state index contributed by atoms with van der Waals surface area (Å²) in [7, 11) is -3.60. The van der Waals surface area contributed by atoms with Gasteiger partial charge in [-0.15, -0.1) is 11.6 Å². The molecule has 1 atom stereocenters. The molecule has 0 fully saturated rings. The molecule has 120 valence electrons. The van der Waals surface area contributed by atoms with Crippen LogP contribution in [0.2, 0.25) is 0 Å². The standard InChI is InChI=1S/C12H24ClO6P/c1-6-17-20(15,18-7-2)11(16-9-8-13)12(4,5)19-10(3)14/h11H,6-9H2,1-5H3. The Morgan fingerprint density at radius 3 is 2.10 bits per heavy atom. The van der Waals surface area contributed by atoms with Gasteiger partial charge in [-0.1, -0.05) is 0 Å². The zero-order valence-corrected chi connectivity index (χ0v) is 14.3. The molecule has 0 aromatic carbocycles. The maximum absolute atomic E-state index is 12.8. The van der Waals surface area contributed by atoms with Gasteiger partial charge in [0.2, 0.25) is 0 Å². The second-order valence-corrected chi connectivity index (χ2v) is 6.93. The molecule has 0 rings (SSSR count). The first-order valence-electron chi connectivity index (χ1n) is 6.49. The molecule has 1 unspecified atom stereocenters. The van der Waals surface area contributed by atoms with Crippen molar-refractivity contribution >= 4 is 25.2 Å². The molecular formula is C12H24ClO6P. The summed E-state index contributed by atoms with van der Waals surface area (Å²) in [5.74, 6) is -1.34. The summed E-state index contributed by atoms with van der Waals surface area (Å²) in [6.07, 6.45) is 0. The van der Waals surface area contributed by atoms with Gasteiger partial charge in [0.25, 0.3) is 0 Å². The van der Waals surface area contributed by atoms with E-state index in [-0.39, 0.29) is 25.7 Å². The zero-order chi connectivity index (χ0) is 15.8. The maximum Gasteiger partial charge on any atom is 0.363 e. The number of halogens is 1. The second kappa shape index (κ2) is 9.00. The Labute approximate surface area is 125 Å². The molecule has 0 saturated heterocycles. The quantitative estimate of drug-likeness (QED) is 0.348. The first kappa shape index (κ1) is 19.9. The SMILES string of the molecule is CCOP(=O)(OCC)C(OCCCl)C(C)(C)OC(C)=O. The Kier molecular flexibility index (Phi) is 8.95. The average Bonchev–Trinajstić information content (AvgIpc) is 2.27. The van der Waals surface area contributed by atoms with Crippen molar-refractivity contribution < 1.29 is 27.9 Å². The van der Waals surface area contributed by atoms with E-state index in [0.29, 0.717) is 0 Å². The summed E-state index contributed by atoms with van der Waals surface area (Å²) in [5.41, 5.74) is -1.17. The van der Waals surface area contributed by atoms with Crippen molar-refractivity contribution in [2.45, 2.75) is 46.1 Å². The summed E-state index contributed by atoms with van der Waals surface area (Å²) in [6, 6.07) is 0. The van der Waals surface area contributed by atoms with E-state index < -0.39 is 25.0 Å². The van der Waals surface area contributed by atoms with E-state index in [1.54, 1.807) is 27.7 Å². The van der Waals surface area contributed by atoms with Crippen molar-refractivity contribution in [2.24, 2.45) is 0 Å². The Morgan fingerprint density at radius 1 is 1.25 bits per heavy atom. The topological polar surface area (TPSA) is 71.1 Å². The minimum absolute atomic E-state index is 0.140. The van der Waals surface area contributed by atoms with Crippen LogP contribution in [-0.2, 0) is 27.9 Å². The lowest BCUT2D eigenvalue weighted by molar-refractivity contribution is -0.163. The first-order valence-corrected chi connectivity index (χ1v) is 8.64. The Hall–Kier alpha value is -0.130. The highest BCUT2D eigenvalue weighted by Crippen LogP contribution is 2.57. The third-order valence-corrected chi connectivity index (χ3v) is 5.00.